The molecule has 6 rings (SSSR count). The van der Waals surface area contributed by atoms with Crippen LogP contribution in [-0.2, 0) is 13.0 Å². The van der Waals surface area contributed by atoms with E-state index in [0.717, 1.165) is 10.2 Å². The van der Waals surface area contributed by atoms with Crippen LogP contribution in [0.4, 0.5) is 19.0 Å². The monoisotopic (exact) mass is 470 g/mol. The van der Waals surface area contributed by atoms with Gasteiger partial charge in [-0.15, -0.1) is 0 Å². The van der Waals surface area contributed by atoms with Crippen molar-refractivity contribution in [3.8, 4) is 11.5 Å². The number of fused-ring (bicyclic) bond motifs is 3. The summed E-state index contributed by atoms with van der Waals surface area (Å²) in [6, 6.07) is 11.9. The summed E-state index contributed by atoms with van der Waals surface area (Å²) in [6.45, 7) is 0.989. The first-order valence-electron chi connectivity index (χ1n) is 11.1. The van der Waals surface area contributed by atoms with Crippen LogP contribution in [0.2, 0.25) is 0 Å². The van der Waals surface area contributed by atoms with Crippen molar-refractivity contribution in [2.45, 2.75) is 37.6 Å². The van der Waals surface area contributed by atoms with Crippen LogP contribution in [0.25, 0.3) is 0 Å². The quantitative estimate of drug-likeness (QED) is 0.599. The minimum atomic E-state index is -4.53. The van der Waals surface area contributed by atoms with Crippen molar-refractivity contribution in [1.29, 1.82) is 0 Å². The zero-order chi connectivity index (χ0) is 23.4. The number of hydrogen-bond donors (Lipinski definition) is 1. The lowest BCUT2D eigenvalue weighted by Crippen LogP contribution is -2.37. The summed E-state index contributed by atoms with van der Waals surface area (Å²) in [5.74, 6) is 0.854. The van der Waals surface area contributed by atoms with Gasteiger partial charge in [-0.05, 0) is 35.2 Å². The topological polar surface area (TPSA) is 68.6 Å². The second kappa shape index (κ2) is 7.68. The molecule has 34 heavy (non-hydrogen) atoms. The van der Waals surface area contributed by atoms with Gasteiger partial charge in [0.05, 0.1) is 6.04 Å². The first-order chi connectivity index (χ1) is 16.4. The number of benzene rings is 2. The van der Waals surface area contributed by atoms with E-state index in [1.54, 1.807) is 23.1 Å². The Bertz CT molecular complexity index is 1270. The molecule has 3 aromatic rings. The number of rotatable bonds is 2. The lowest BCUT2D eigenvalue weighted by molar-refractivity contribution is -0.173. The average molecular weight is 470 g/mol. The molecule has 3 aliphatic heterocycles. The predicted molar refractivity (Wildman–Crippen MR) is 116 cm³/mol. The Kier molecular flexibility index (Phi) is 4.72. The van der Waals surface area contributed by atoms with Crippen LogP contribution in [-0.4, -0.2) is 40.1 Å². The lowest BCUT2D eigenvalue weighted by Gasteiger charge is -2.33. The van der Waals surface area contributed by atoms with Crippen molar-refractivity contribution in [3.05, 3.63) is 70.9 Å². The highest BCUT2D eigenvalue weighted by molar-refractivity contribution is 5.93. The molecule has 1 N–H and O–H groups in total. The summed E-state index contributed by atoms with van der Waals surface area (Å²) in [5.41, 5.74) is 2.87. The van der Waals surface area contributed by atoms with E-state index in [1.807, 2.05) is 24.3 Å². The summed E-state index contributed by atoms with van der Waals surface area (Å²) in [5, 5.41) is 7.25. The van der Waals surface area contributed by atoms with E-state index in [0.29, 0.717) is 36.6 Å². The average Bonchev–Trinajstić information content (AvgIpc) is 3.48. The highest BCUT2D eigenvalue weighted by atomic mass is 19.4. The summed E-state index contributed by atoms with van der Waals surface area (Å²) in [7, 11) is 0. The normalized spacial score (nSPS) is 21.0. The second-order valence-corrected chi connectivity index (χ2v) is 8.71. The van der Waals surface area contributed by atoms with E-state index in [4.69, 9.17) is 9.47 Å². The fourth-order valence-electron chi connectivity index (χ4n) is 4.86. The molecule has 10 heteroatoms. The maximum Gasteiger partial charge on any atom is 0.410 e. The Hall–Kier alpha value is -3.69. The maximum absolute atomic E-state index is 14.0. The van der Waals surface area contributed by atoms with Crippen LogP contribution >= 0.6 is 0 Å². The van der Waals surface area contributed by atoms with E-state index in [-0.39, 0.29) is 30.6 Å². The molecular weight excluding hydrogens is 449 g/mol. The summed E-state index contributed by atoms with van der Waals surface area (Å²) >= 11 is 0. The number of carbonyl (C=O) groups excluding carboxylic acids is 1. The number of alkyl halides is 3. The molecular formula is C24H21F3N4O3. The largest absolute Gasteiger partial charge is 0.454 e. The zero-order valence-electron chi connectivity index (χ0n) is 18.0. The van der Waals surface area contributed by atoms with Gasteiger partial charge in [0.15, 0.2) is 23.2 Å². The third-order valence-electron chi connectivity index (χ3n) is 6.63. The van der Waals surface area contributed by atoms with Gasteiger partial charge in [-0.3, -0.25) is 4.79 Å². The molecule has 0 aliphatic carbocycles. The van der Waals surface area contributed by atoms with Gasteiger partial charge in [0, 0.05) is 25.6 Å². The minimum Gasteiger partial charge on any atom is -0.454 e. The molecule has 1 aromatic heterocycles. The van der Waals surface area contributed by atoms with Crippen LogP contribution in [0.15, 0.2) is 48.5 Å². The summed E-state index contributed by atoms with van der Waals surface area (Å²) in [4.78, 5) is 14.8. The Morgan fingerprint density at radius 1 is 1.06 bits per heavy atom. The van der Waals surface area contributed by atoms with Gasteiger partial charge in [-0.25, -0.2) is 4.68 Å². The van der Waals surface area contributed by atoms with Gasteiger partial charge in [0.2, 0.25) is 6.79 Å². The third kappa shape index (κ3) is 3.53. The van der Waals surface area contributed by atoms with Gasteiger partial charge >= 0.3 is 6.18 Å². The SMILES string of the molecule is O=C(c1cc2n(n1)C(C(F)(F)F)CC(c1ccc3c(c1)OCO3)N2)N1CCc2ccccc2C1. The Morgan fingerprint density at radius 2 is 1.85 bits per heavy atom. The van der Waals surface area contributed by atoms with Crippen molar-refractivity contribution < 1.29 is 27.4 Å². The molecule has 0 saturated heterocycles. The van der Waals surface area contributed by atoms with E-state index in [1.165, 1.54) is 11.6 Å². The molecule has 1 amide bonds. The number of halogens is 3. The summed E-state index contributed by atoms with van der Waals surface area (Å²) < 4.78 is 53.7. The predicted octanol–water partition coefficient (Wildman–Crippen LogP) is 4.47. The van der Waals surface area contributed by atoms with Crippen molar-refractivity contribution in [3.63, 3.8) is 0 Å². The molecule has 0 fully saturated rings. The Balaban J connectivity index is 1.30. The van der Waals surface area contributed by atoms with Gasteiger partial charge in [0.1, 0.15) is 5.82 Å². The van der Waals surface area contributed by atoms with Gasteiger partial charge < -0.3 is 19.7 Å². The van der Waals surface area contributed by atoms with E-state index in [2.05, 4.69) is 10.4 Å². The number of hydrogen-bond acceptors (Lipinski definition) is 5. The van der Waals surface area contributed by atoms with E-state index < -0.39 is 18.3 Å². The highest BCUT2D eigenvalue weighted by Crippen LogP contribution is 2.45. The van der Waals surface area contributed by atoms with Gasteiger partial charge in [-0.2, -0.15) is 18.3 Å². The molecule has 7 nitrogen and oxygen atoms in total. The molecule has 2 aromatic carbocycles. The van der Waals surface area contributed by atoms with E-state index in [9.17, 15) is 18.0 Å². The Labute approximate surface area is 193 Å². The lowest BCUT2D eigenvalue weighted by atomic mass is 9.96. The molecule has 4 heterocycles. The van der Waals surface area contributed by atoms with Crippen LogP contribution in [0, 0.1) is 0 Å². The molecule has 0 bridgehead atoms. The smallest absolute Gasteiger partial charge is 0.410 e. The second-order valence-electron chi connectivity index (χ2n) is 8.71. The number of carbonyl (C=O) groups is 1. The van der Waals surface area contributed by atoms with E-state index >= 15 is 0 Å². The fourth-order valence-corrected chi connectivity index (χ4v) is 4.86. The first kappa shape index (κ1) is 20.9. The number of amides is 1. The fraction of sp³-hybridized carbons (Fsp3) is 0.333. The number of aromatic nitrogens is 2. The molecule has 0 saturated carbocycles. The highest BCUT2D eigenvalue weighted by Gasteiger charge is 2.47. The van der Waals surface area contributed by atoms with Gasteiger partial charge in [-0.1, -0.05) is 30.3 Å². The molecule has 0 radical (unpaired) electrons. The molecule has 176 valence electrons. The molecule has 2 unspecified atom stereocenters. The maximum atomic E-state index is 14.0. The number of anilines is 1. The van der Waals surface area contributed by atoms with Crippen molar-refractivity contribution in [2.75, 3.05) is 18.7 Å². The number of nitrogens with one attached hydrogen (secondary N) is 1. The van der Waals surface area contributed by atoms with Gasteiger partial charge in [0.25, 0.3) is 5.91 Å². The number of nitrogens with zero attached hydrogens (tertiary/aromatic N) is 3. The molecule has 2 atom stereocenters. The summed E-state index contributed by atoms with van der Waals surface area (Å²) in [6.07, 6.45) is -4.09. The van der Waals surface area contributed by atoms with Crippen LogP contribution in [0.1, 0.15) is 45.7 Å². The van der Waals surface area contributed by atoms with Crippen molar-refractivity contribution in [2.24, 2.45) is 0 Å². The standard InChI is InChI=1S/C24H21F3N4O3/c25-24(26,27)21-10-17(15-5-6-19-20(9-15)34-13-33-19)28-22-11-18(29-31(21)22)23(32)30-8-7-14-3-1-2-4-16(14)12-30/h1-6,9,11,17,21,28H,7-8,10,12-13H2. The number of ether oxygens (including phenoxy) is 2. The van der Waals surface area contributed by atoms with Crippen molar-refractivity contribution >= 4 is 11.7 Å². The van der Waals surface area contributed by atoms with Crippen LogP contribution < -0.4 is 14.8 Å². The Morgan fingerprint density at radius 3 is 2.68 bits per heavy atom. The van der Waals surface area contributed by atoms with Crippen LogP contribution in [0.5, 0.6) is 11.5 Å². The zero-order valence-corrected chi connectivity index (χ0v) is 18.0. The molecule has 3 aliphatic rings. The first-order valence-corrected chi connectivity index (χ1v) is 11.1. The minimum absolute atomic E-state index is 0.00229. The van der Waals surface area contributed by atoms with Crippen LogP contribution in [0.3, 0.4) is 0 Å². The molecule has 0 spiro atoms. The van der Waals surface area contributed by atoms with Crippen molar-refractivity contribution in [1.82, 2.24) is 14.7 Å². The third-order valence-corrected chi connectivity index (χ3v) is 6.63.